The number of benzene rings is 1. The average Bonchev–Trinajstić information content (AvgIpc) is 2.30. The predicted molar refractivity (Wildman–Crippen MR) is 64.5 cm³/mol. The van der Waals surface area contributed by atoms with Crippen molar-refractivity contribution in [2.45, 2.75) is 20.0 Å². The smallest absolute Gasteiger partial charge is 0.313 e. The number of anilines is 1. The molecule has 1 aromatic rings. The van der Waals surface area contributed by atoms with Crippen LogP contribution in [-0.4, -0.2) is 29.6 Å². The minimum absolute atomic E-state index is 0.0193. The van der Waals surface area contributed by atoms with E-state index in [0.29, 0.717) is 5.56 Å². The highest BCUT2D eigenvalue weighted by Gasteiger charge is 2.14. The summed E-state index contributed by atoms with van der Waals surface area (Å²) >= 11 is 0. The van der Waals surface area contributed by atoms with E-state index in [1.807, 2.05) is 0 Å². The normalized spacial score (nSPS) is 11.8. The van der Waals surface area contributed by atoms with Gasteiger partial charge in [-0.05, 0) is 31.5 Å². The number of halogens is 1. The number of nitrogens with one attached hydrogen (secondary N) is 2. The monoisotopic (exact) mass is 254 g/mol. The number of aryl methyl sites for hydroxylation is 1. The van der Waals surface area contributed by atoms with E-state index in [1.54, 1.807) is 6.92 Å². The molecule has 0 saturated heterocycles. The molecule has 0 aliphatic heterocycles. The Labute approximate surface area is 104 Å². The third-order valence-electron chi connectivity index (χ3n) is 2.19. The molecule has 18 heavy (non-hydrogen) atoms. The molecule has 0 bridgehead atoms. The SMILES string of the molecule is Cc1ccc(NC(=O)C(=O)NCC(C)O)cc1F. The topological polar surface area (TPSA) is 78.4 Å². The van der Waals surface area contributed by atoms with Crippen LogP contribution in [0.4, 0.5) is 10.1 Å². The number of carbonyl (C=O) groups excluding carboxylic acids is 2. The zero-order valence-electron chi connectivity index (χ0n) is 10.2. The lowest BCUT2D eigenvalue weighted by atomic mass is 10.2. The van der Waals surface area contributed by atoms with Crippen molar-refractivity contribution in [3.8, 4) is 0 Å². The molecule has 1 rings (SSSR count). The van der Waals surface area contributed by atoms with Gasteiger partial charge in [0.25, 0.3) is 0 Å². The molecule has 5 nitrogen and oxygen atoms in total. The maximum Gasteiger partial charge on any atom is 0.313 e. The third kappa shape index (κ3) is 4.14. The van der Waals surface area contributed by atoms with Crippen LogP contribution in [0.25, 0.3) is 0 Å². The first-order valence-electron chi connectivity index (χ1n) is 5.43. The Morgan fingerprint density at radius 1 is 1.39 bits per heavy atom. The second kappa shape index (κ2) is 6.11. The van der Waals surface area contributed by atoms with E-state index in [4.69, 9.17) is 5.11 Å². The van der Waals surface area contributed by atoms with Crippen molar-refractivity contribution in [2.24, 2.45) is 0 Å². The number of hydrogen-bond acceptors (Lipinski definition) is 3. The van der Waals surface area contributed by atoms with Crippen LogP contribution in [0.1, 0.15) is 12.5 Å². The molecular weight excluding hydrogens is 239 g/mol. The minimum Gasteiger partial charge on any atom is -0.392 e. The fraction of sp³-hybridized carbons (Fsp3) is 0.333. The Bertz CT molecular complexity index is 461. The predicted octanol–water partition coefficient (Wildman–Crippen LogP) is 0.570. The Morgan fingerprint density at radius 2 is 2.06 bits per heavy atom. The van der Waals surface area contributed by atoms with E-state index in [1.165, 1.54) is 19.1 Å². The number of hydrogen-bond donors (Lipinski definition) is 3. The van der Waals surface area contributed by atoms with E-state index < -0.39 is 23.7 Å². The molecule has 98 valence electrons. The Balaban J connectivity index is 2.58. The Kier molecular flexibility index (Phi) is 4.79. The molecule has 1 unspecified atom stereocenters. The van der Waals surface area contributed by atoms with Crippen LogP contribution in [0.5, 0.6) is 0 Å². The van der Waals surface area contributed by atoms with Crippen LogP contribution in [-0.2, 0) is 9.59 Å². The number of aliphatic hydroxyl groups excluding tert-OH is 1. The molecule has 0 fully saturated rings. The number of rotatable bonds is 3. The van der Waals surface area contributed by atoms with E-state index >= 15 is 0 Å². The standard InChI is InChI=1S/C12H15FN2O3/c1-7-3-4-9(5-10(7)13)15-12(18)11(17)14-6-8(2)16/h3-5,8,16H,6H2,1-2H3,(H,14,17)(H,15,18). The third-order valence-corrected chi connectivity index (χ3v) is 2.19. The van der Waals surface area contributed by atoms with Gasteiger partial charge in [0.05, 0.1) is 6.10 Å². The fourth-order valence-electron chi connectivity index (χ4n) is 1.18. The summed E-state index contributed by atoms with van der Waals surface area (Å²) in [6.07, 6.45) is -0.737. The van der Waals surface area contributed by atoms with Crippen molar-refractivity contribution >= 4 is 17.5 Å². The van der Waals surface area contributed by atoms with Gasteiger partial charge in [-0.25, -0.2) is 4.39 Å². The van der Waals surface area contributed by atoms with Crippen molar-refractivity contribution in [1.82, 2.24) is 5.32 Å². The molecule has 0 saturated carbocycles. The molecule has 1 aromatic carbocycles. The van der Waals surface area contributed by atoms with Crippen LogP contribution in [0.3, 0.4) is 0 Å². The van der Waals surface area contributed by atoms with E-state index in [-0.39, 0.29) is 12.2 Å². The zero-order valence-corrected chi connectivity index (χ0v) is 10.2. The van der Waals surface area contributed by atoms with Gasteiger partial charge in [0, 0.05) is 12.2 Å². The summed E-state index contributed by atoms with van der Waals surface area (Å²) in [5, 5.41) is 13.4. The summed E-state index contributed by atoms with van der Waals surface area (Å²) in [4.78, 5) is 22.7. The van der Waals surface area contributed by atoms with E-state index in [2.05, 4.69) is 10.6 Å². The van der Waals surface area contributed by atoms with Gasteiger partial charge in [0.1, 0.15) is 5.82 Å². The largest absolute Gasteiger partial charge is 0.392 e. The second-order valence-corrected chi connectivity index (χ2v) is 3.98. The summed E-state index contributed by atoms with van der Waals surface area (Å²) in [5.74, 6) is -2.24. The summed E-state index contributed by atoms with van der Waals surface area (Å²) in [6, 6.07) is 4.13. The quantitative estimate of drug-likeness (QED) is 0.690. The molecular formula is C12H15FN2O3. The summed E-state index contributed by atoms with van der Waals surface area (Å²) in [6.45, 7) is 3.05. The first kappa shape index (κ1) is 14.1. The molecule has 0 radical (unpaired) electrons. The first-order chi connectivity index (χ1) is 8.40. The van der Waals surface area contributed by atoms with Crippen LogP contribution >= 0.6 is 0 Å². The highest BCUT2D eigenvalue weighted by molar-refractivity contribution is 6.39. The fourth-order valence-corrected chi connectivity index (χ4v) is 1.18. The highest BCUT2D eigenvalue weighted by Crippen LogP contribution is 2.13. The van der Waals surface area contributed by atoms with Crippen molar-refractivity contribution in [2.75, 3.05) is 11.9 Å². The van der Waals surface area contributed by atoms with Crippen LogP contribution in [0.2, 0.25) is 0 Å². The molecule has 1 atom stereocenters. The van der Waals surface area contributed by atoms with Gasteiger partial charge in [-0.15, -0.1) is 0 Å². The van der Waals surface area contributed by atoms with Crippen molar-refractivity contribution in [3.63, 3.8) is 0 Å². The number of aliphatic hydroxyl groups is 1. The molecule has 6 heteroatoms. The Morgan fingerprint density at radius 3 is 2.61 bits per heavy atom. The van der Waals surface area contributed by atoms with Gasteiger partial charge < -0.3 is 15.7 Å². The molecule has 0 aliphatic carbocycles. The zero-order chi connectivity index (χ0) is 13.7. The van der Waals surface area contributed by atoms with Crippen molar-refractivity contribution in [1.29, 1.82) is 0 Å². The van der Waals surface area contributed by atoms with Crippen molar-refractivity contribution < 1.29 is 19.1 Å². The maximum absolute atomic E-state index is 13.2. The number of amides is 2. The maximum atomic E-state index is 13.2. The molecule has 2 amide bonds. The highest BCUT2D eigenvalue weighted by atomic mass is 19.1. The van der Waals surface area contributed by atoms with Crippen LogP contribution in [0.15, 0.2) is 18.2 Å². The lowest BCUT2D eigenvalue weighted by molar-refractivity contribution is -0.136. The van der Waals surface area contributed by atoms with Gasteiger partial charge in [-0.3, -0.25) is 9.59 Å². The van der Waals surface area contributed by atoms with Gasteiger partial charge in [0.15, 0.2) is 0 Å². The molecule has 0 aromatic heterocycles. The van der Waals surface area contributed by atoms with Gasteiger partial charge >= 0.3 is 11.8 Å². The second-order valence-electron chi connectivity index (χ2n) is 3.98. The molecule has 0 spiro atoms. The van der Waals surface area contributed by atoms with E-state index in [0.717, 1.165) is 6.07 Å². The molecule has 0 aliphatic rings. The number of carbonyl (C=O) groups is 2. The van der Waals surface area contributed by atoms with Crippen LogP contribution in [0, 0.1) is 12.7 Å². The summed E-state index contributed by atoms with van der Waals surface area (Å²) in [5.41, 5.74) is 0.654. The molecule has 0 heterocycles. The van der Waals surface area contributed by atoms with Gasteiger partial charge in [0.2, 0.25) is 0 Å². The molecule has 3 N–H and O–H groups in total. The van der Waals surface area contributed by atoms with Crippen molar-refractivity contribution in [3.05, 3.63) is 29.6 Å². The lowest BCUT2D eigenvalue weighted by Gasteiger charge is -2.08. The van der Waals surface area contributed by atoms with Gasteiger partial charge in [-0.2, -0.15) is 0 Å². The minimum atomic E-state index is -0.904. The Hall–Kier alpha value is -1.95. The summed E-state index contributed by atoms with van der Waals surface area (Å²) < 4.78 is 13.2. The first-order valence-corrected chi connectivity index (χ1v) is 5.43. The summed E-state index contributed by atoms with van der Waals surface area (Å²) in [7, 11) is 0. The van der Waals surface area contributed by atoms with Crippen LogP contribution < -0.4 is 10.6 Å². The lowest BCUT2D eigenvalue weighted by Crippen LogP contribution is -2.38. The van der Waals surface area contributed by atoms with E-state index in [9.17, 15) is 14.0 Å². The average molecular weight is 254 g/mol. The van der Waals surface area contributed by atoms with Gasteiger partial charge in [-0.1, -0.05) is 6.07 Å².